The molecule has 0 bridgehead atoms. The number of carbonyl (C=O) groups is 1. The molecule has 0 spiro atoms. The third-order valence-electron chi connectivity index (χ3n) is 2.76. The molecule has 0 aromatic rings. The molecule has 1 fully saturated rings. The molecule has 0 aromatic carbocycles. The molecule has 5 nitrogen and oxygen atoms in total. The van der Waals surface area contributed by atoms with Gasteiger partial charge in [-0.15, -0.1) is 24.0 Å². The van der Waals surface area contributed by atoms with Gasteiger partial charge >= 0.3 is 0 Å². The summed E-state index contributed by atoms with van der Waals surface area (Å²) in [6, 6.07) is 0. The van der Waals surface area contributed by atoms with Crippen LogP contribution in [0.25, 0.3) is 0 Å². The van der Waals surface area contributed by atoms with E-state index in [0.29, 0.717) is 5.25 Å². The van der Waals surface area contributed by atoms with E-state index >= 15 is 0 Å². The Morgan fingerprint density at radius 3 is 2.57 bits per heavy atom. The van der Waals surface area contributed by atoms with Crippen molar-refractivity contribution in [1.29, 1.82) is 0 Å². The van der Waals surface area contributed by atoms with Crippen LogP contribution in [0, 0.1) is 0 Å². The predicted molar refractivity (Wildman–Crippen MR) is 103 cm³/mol. The second-order valence-electron chi connectivity index (χ2n) is 6.01. The molecule has 1 unspecified atom stereocenters. The summed E-state index contributed by atoms with van der Waals surface area (Å²) >= 11 is 2.01. The number of hydrogen-bond acceptors (Lipinski definition) is 3. The Kier molecular flexibility index (Phi) is 10.4. The molecule has 0 aromatic heterocycles. The molecule has 1 aliphatic heterocycles. The van der Waals surface area contributed by atoms with Gasteiger partial charge in [0.05, 0.1) is 0 Å². The van der Waals surface area contributed by atoms with Crippen LogP contribution in [-0.4, -0.2) is 48.0 Å². The summed E-state index contributed by atoms with van der Waals surface area (Å²) in [7, 11) is 0. The maximum absolute atomic E-state index is 11.7. The van der Waals surface area contributed by atoms with Crippen LogP contribution in [0.15, 0.2) is 4.99 Å². The highest BCUT2D eigenvalue weighted by Crippen LogP contribution is 2.25. The van der Waals surface area contributed by atoms with Crippen LogP contribution < -0.4 is 16.0 Å². The molecule has 3 N–H and O–H groups in total. The number of guanidine groups is 1. The third-order valence-corrected chi connectivity index (χ3v) is 4.16. The van der Waals surface area contributed by atoms with Gasteiger partial charge in [0.2, 0.25) is 5.91 Å². The van der Waals surface area contributed by atoms with Gasteiger partial charge in [-0.1, -0.05) is 0 Å². The second-order valence-corrected chi connectivity index (χ2v) is 7.42. The summed E-state index contributed by atoms with van der Waals surface area (Å²) in [4.78, 5) is 16.1. The first-order valence-electron chi connectivity index (χ1n) is 7.35. The van der Waals surface area contributed by atoms with Gasteiger partial charge in [0.15, 0.2) is 5.96 Å². The van der Waals surface area contributed by atoms with Gasteiger partial charge in [0.25, 0.3) is 0 Å². The first kappa shape index (κ1) is 20.8. The number of nitrogens with zero attached hydrogens (tertiary/aromatic N) is 1. The van der Waals surface area contributed by atoms with E-state index in [0.717, 1.165) is 19.0 Å². The molecule has 124 valence electrons. The average molecular weight is 428 g/mol. The van der Waals surface area contributed by atoms with E-state index in [1.165, 1.54) is 18.6 Å². The van der Waals surface area contributed by atoms with Gasteiger partial charge < -0.3 is 16.0 Å². The maximum atomic E-state index is 11.7. The Hall–Kier alpha value is -0.180. The number of nitrogens with one attached hydrogen (secondary N) is 3. The zero-order chi connectivity index (χ0) is 15.0. The van der Waals surface area contributed by atoms with E-state index in [4.69, 9.17) is 0 Å². The van der Waals surface area contributed by atoms with Crippen molar-refractivity contribution in [2.45, 2.75) is 51.3 Å². The Morgan fingerprint density at radius 1 is 1.33 bits per heavy atom. The standard InChI is InChI=1S/C14H28N4OS.HI/c1-5-15-13(16-9-11-7-6-8-20-11)17-10-12(19)18-14(2,3)4;/h11H,5-10H2,1-4H3,(H,18,19)(H2,15,16,17);1H. The normalized spacial score (nSPS) is 18.9. The molecule has 1 amide bonds. The minimum atomic E-state index is -0.209. The maximum Gasteiger partial charge on any atom is 0.242 e. The molecule has 1 saturated heterocycles. The van der Waals surface area contributed by atoms with Crippen molar-refractivity contribution in [3.63, 3.8) is 0 Å². The lowest BCUT2D eigenvalue weighted by atomic mass is 10.1. The molecule has 7 heteroatoms. The molecule has 21 heavy (non-hydrogen) atoms. The Labute approximate surface area is 149 Å². The van der Waals surface area contributed by atoms with E-state index < -0.39 is 0 Å². The molecule has 1 aliphatic rings. The number of halogens is 1. The van der Waals surface area contributed by atoms with Gasteiger partial charge in [-0.2, -0.15) is 11.8 Å². The van der Waals surface area contributed by atoms with Crippen LogP contribution in [0.4, 0.5) is 0 Å². The van der Waals surface area contributed by atoms with E-state index in [1.54, 1.807) is 0 Å². The van der Waals surface area contributed by atoms with E-state index in [-0.39, 0.29) is 42.0 Å². The lowest BCUT2D eigenvalue weighted by Crippen LogP contribution is -2.44. The molecule has 0 radical (unpaired) electrons. The Bertz CT molecular complexity index is 338. The number of rotatable bonds is 5. The van der Waals surface area contributed by atoms with Crippen LogP contribution in [0.5, 0.6) is 0 Å². The van der Waals surface area contributed by atoms with Crippen molar-refractivity contribution in [1.82, 2.24) is 16.0 Å². The fourth-order valence-electron chi connectivity index (χ4n) is 1.97. The van der Waals surface area contributed by atoms with Crippen molar-refractivity contribution < 1.29 is 4.79 Å². The topological polar surface area (TPSA) is 65.5 Å². The van der Waals surface area contributed by atoms with Crippen molar-refractivity contribution in [2.24, 2.45) is 4.99 Å². The van der Waals surface area contributed by atoms with Crippen LogP contribution in [-0.2, 0) is 4.79 Å². The highest BCUT2D eigenvalue weighted by molar-refractivity contribution is 14.0. The number of aliphatic imine (C=N–C) groups is 1. The quantitative estimate of drug-likeness (QED) is 0.356. The first-order valence-corrected chi connectivity index (χ1v) is 8.40. The van der Waals surface area contributed by atoms with Crippen LogP contribution in [0.1, 0.15) is 40.5 Å². The number of amides is 1. The van der Waals surface area contributed by atoms with Crippen molar-refractivity contribution >= 4 is 47.6 Å². The first-order chi connectivity index (χ1) is 9.40. The monoisotopic (exact) mass is 428 g/mol. The van der Waals surface area contributed by atoms with Crippen molar-refractivity contribution in [3.8, 4) is 0 Å². The minimum absolute atomic E-state index is 0. The lowest BCUT2D eigenvalue weighted by Gasteiger charge is -2.20. The largest absolute Gasteiger partial charge is 0.357 e. The van der Waals surface area contributed by atoms with E-state index in [2.05, 4.69) is 20.9 Å². The number of thioether (sulfide) groups is 1. The molecule has 1 rings (SSSR count). The molecular formula is C14H29IN4OS. The Balaban J connectivity index is 0.00000400. The average Bonchev–Trinajstić information content (AvgIpc) is 2.83. The third kappa shape index (κ3) is 10.2. The molecule has 1 heterocycles. The second kappa shape index (κ2) is 10.5. The summed E-state index contributed by atoms with van der Waals surface area (Å²) in [5.41, 5.74) is -0.209. The molecule has 0 saturated carbocycles. The number of hydrogen-bond donors (Lipinski definition) is 3. The van der Waals surface area contributed by atoms with Gasteiger partial charge in [0.1, 0.15) is 6.54 Å². The summed E-state index contributed by atoms with van der Waals surface area (Å²) in [5, 5.41) is 10.1. The smallest absolute Gasteiger partial charge is 0.242 e. The predicted octanol–water partition coefficient (Wildman–Crippen LogP) is 1.97. The molecule has 0 aliphatic carbocycles. The minimum Gasteiger partial charge on any atom is -0.357 e. The number of carbonyl (C=O) groups excluding carboxylic acids is 1. The fourth-order valence-corrected chi connectivity index (χ4v) is 3.17. The SMILES string of the molecule is CCNC(=NCC(=O)NC(C)(C)C)NCC1CCCS1.I. The van der Waals surface area contributed by atoms with Gasteiger partial charge in [-0.05, 0) is 46.3 Å². The van der Waals surface area contributed by atoms with Crippen molar-refractivity contribution in [2.75, 3.05) is 25.4 Å². The van der Waals surface area contributed by atoms with Gasteiger partial charge in [0, 0.05) is 23.9 Å². The highest BCUT2D eigenvalue weighted by Gasteiger charge is 2.16. The zero-order valence-corrected chi connectivity index (χ0v) is 16.6. The summed E-state index contributed by atoms with van der Waals surface area (Å²) < 4.78 is 0. The summed E-state index contributed by atoms with van der Waals surface area (Å²) in [6.07, 6.45) is 2.57. The summed E-state index contributed by atoms with van der Waals surface area (Å²) in [5.74, 6) is 1.93. The van der Waals surface area contributed by atoms with Gasteiger partial charge in [-0.3, -0.25) is 4.79 Å². The molecule has 1 atom stereocenters. The fraction of sp³-hybridized carbons (Fsp3) is 0.857. The van der Waals surface area contributed by atoms with Crippen LogP contribution in [0.2, 0.25) is 0 Å². The zero-order valence-electron chi connectivity index (χ0n) is 13.5. The van der Waals surface area contributed by atoms with E-state index in [1.807, 2.05) is 39.5 Å². The lowest BCUT2D eigenvalue weighted by molar-refractivity contribution is -0.121. The van der Waals surface area contributed by atoms with Crippen molar-refractivity contribution in [3.05, 3.63) is 0 Å². The van der Waals surface area contributed by atoms with Gasteiger partial charge in [-0.25, -0.2) is 4.99 Å². The van der Waals surface area contributed by atoms with Crippen LogP contribution >= 0.6 is 35.7 Å². The highest BCUT2D eigenvalue weighted by atomic mass is 127. The Morgan fingerprint density at radius 2 is 2.05 bits per heavy atom. The van der Waals surface area contributed by atoms with E-state index in [9.17, 15) is 4.79 Å². The summed E-state index contributed by atoms with van der Waals surface area (Å²) in [6.45, 7) is 9.79. The van der Waals surface area contributed by atoms with Crippen LogP contribution in [0.3, 0.4) is 0 Å². The molecular weight excluding hydrogens is 399 g/mol.